The minimum atomic E-state index is -1.23. The van der Waals surface area contributed by atoms with E-state index in [1.54, 1.807) is 11.0 Å². The molecule has 4 rings (SSSR count). The summed E-state index contributed by atoms with van der Waals surface area (Å²) in [5.41, 5.74) is -0.487. The molecule has 3 aliphatic heterocycles. The van der Waals surface area contributed by atoms with Gasteiger partial charge in [-0.15, -0.1) is 6.58 Å². The fourth-order valence-electron chi connectivity index (χ4n) is 7.38. The average Bonchev–Trinajstić information content (AvgIpc) is 3.48. The molecule has 2 amide bonds. The summed E-state index contributed by atoms with van der Waals surface area (Å²) in [4.78, 5) is 47.8. The molecule has 1 aromatic rings. The zero-order valence-electron chi connectivity index (χ0n) is 25.0. The normalized spacial score (nSPS) is 30.6. The van der Waals surface area contributed by atoms with E-state index in [1.807, 2.05) is 45.0 Å². The number of anilines is 2. The zero-order chi connectivity index (χ0) is 30.1. The molecule has 3 unspecified atom stereocenters. The monoisotopic (exact) mass is 567 g/mol. The first-order valence-corrected chi connectivity index (χ1v) is 14.8. The number of hydrogen-bond acceptors (Lipinski definition) is 7. The lowest BCUT2D eigenvalue weighted by Crippen LogP contribution is -2.59. The fraction of sp³-hybridized carbons (Fsp3) is 0.594. The van der Waals surface area contributed by atoms with Gasteiger partial charge in [0.15, 0.2) is 0 Å². The topological polar surface area (TPSA) is 99.6 Å². The number of ether oxygens (including phenoxy) is 2. The molecule has 7 atom stereocenters. The Morgan fingerprint density at radius 2 is 1.80 bits per heavy atom. The van der Waals surface area contributed by atoms with Crippen LogP contribution in [-0.2, 0) is 23.9 Å². The van der Waals surface area contributed by atoms with Gasteiger partial charge >= 0.3 is 5.97 Å². The Labute approximate surface area is 243 Å². The number of fused-ring (bicyclic) bond motifs is 1. The number of nitrogens with zero attached hydrogens (tertiary/aromatic N) is 3. The summed E-state index contributed by atoms with van der Waals surface area (Å²) < 4.78 is 12.2. The number of amides is 2. The zero-order valence-corrected chi connectivity index (χ0v) is 25.0. The van der Waals surface area contributed by atoms with Crippen LogP contribution in [0.25, 0.3) is 0 Å². The maximum Gasteiger partial charge on any atom is 0.313 e. The molecule has 224 valence electrons. The third-order valence-electron chi connectivity index (χ3n) is 9.53. The van der Waals surface area contributed by atoms with Crippen LogP contribution in [-0.4, -0.2) is 83.9 Å². The number of likely N-dealkylation sites (tertiary alicyclic amines) is 1. The first-order chi connectivity index (χ1) is 19.6. The highest BCUT2D eigenvalue weighted by atomic mass is 16.6. The average molecular weight is 568 g/mol. The van der Waals surface area contributed by atoms with Crippen molar-refractivity contribution in [2.24, 2.45) is 17.8 Å². The number of carbonyl (C=O) groups is 3. The number of rotatable bonds is 13. The molecule has 2 bridgehead atoms. The first-order valence-electron chi connectivity index (χ1n) is 14.8. The molecule has 0 aliphatic carbocycles. The largest absolute Gasteiger partial charge is 0.461 e. The molecule has 41 heavy (non-hydrogen) atoms. The van der Waals surface area contributed by atoms with Crippen molar-refractivity contribution < 1.29 is 29.0 Å². The summed E-state index contributed by atoms with van der Waals surface area (Å²) in [5.74, 6) is -3.09. The van der Waals surface area contributed by atoms with Gasteiger partial charge in [0.25, 0.3) is 5.91 Å². The van der Waals surface area contributed by atoms with Gasteiger partial charge in [0.05, 0.1) is 24.2 Å². The van der Waals surface area contributed by atoms with Crippen molar-refractivity contribution in [2.45, 2.75) is 70.7 Å². The van der Waals surface area contributed by atoms with Crippen LogP contribution in [0, 0.1) is 17.8 Å². The standard InChI is InChI=1S/C32H45N3O6/c1-8-17-34(24-15-13-23(14-16-24)33(11-4)12-5)29(38)27-32-19-21(6)31(7,41-32)26(30(39)40-18-9-2)25(32)28(37)35(27)22(10-3)20-36/h8-9,13-16,21-22,25-27,36H,1-2,10-12,17-20H2,3-7H3/t21?,22-,25-,26-,27?,31+,32?/m0/s1. The first kappa shape index (κ1) is 30.8. The van der Waals surface area contributed by atoms with Gasteiger partial charge in [-0.25, -0.2) is 0 Å². The van der Waals surface area contributed by atoms with Crippen LogP contribution in [0.15, 0.2) is 49.6 Å². The lowest BCUT2D eigenvalue weighted by Gasteiger charge is -2.39. The van der Waals surface area contributed by atoms with Crippen molar-refractivity contribution in [3.63, 3.8) is 0 Å². The SMILES string of the molecule is C=CCOC(=O)[C@@H]1[C@H]2C(=O)N([C@@H](CC)CO)C(C(=O)N(CC=C)c3ccc(N(CC)CC)cc3)C23CC(C)[C@@]1(C)O3. The van der Waals surface area contributed by atoms with E-state index >= 15 is 0 Å². The number of aliphatic hydroxyl groups is 1. The minimum absolute atomic E-state index is 0.0185. The Kier molecular flexibility index (Phi) is 8.99. The Bertz CT molecular complexity index is 1160. The second-order valence-electron chi connectivity index (χ2n) is 11.5. The van der Waals surface area contributed by atoms with E-state index in [1.165, 1.54) is 11.0 Å². The van der Waals surface area contributed by atoms with E-state index in [9.17, 15) is 19.5 Å². The van der Waals surface area contributed by atoms with Crippen LogP contribution in [0.1, 0.15) is 47.5 Å². The van der Waals surface area contributed by atoms with Crippen LogP contribution >= 0.6 is 0 Å². The van der Waals surface area contributed by atoms with E-state index in [2.05, 4.69) is 31.9 Å². The molecule has 3 aliphatic rings. The van der Waals surface area contributed by atoms with Crippen molar-refractivity contribution >= 4 is 29.2 Å². The molecule has 0 aromatic heterocycles. The van der Waals surface area contributed by atoms with Gasteiger partial charge in [-0.3, -0.25) is 14.4 Å². The van der Waals surface area contributed by atoms with E-state index in [0.29, 0.717) is 18.5 Å². The summed E-state index contributed by atoms with van der Waals surface area (Å²) >= 11 is 0. The highest BCUT2D eigenvalue weighted by molar-refractivity contribution is 6.05. The van der Waals surface area contributed by atoms with E-state index < -0.39 is 41.1 Å². The maximum atomic E-state index is 14.7. The van der Waals surface area contributed by atoms with Gasteiger partial charge in [-0.2, -0.15) is 0 Å². The van der Waals surface area contributed by atoms with Gasteiger partial charge in [0.2, 0.25) is 5.91 Å². The lowest BCUT2D eigenvalue weighted by atomic mass is 9.62. The highest BCUT2D eigenvalue weighted by Gasteiger charge is 2.80. The van der Waals surface area contributed by atoms with Crippen molar-refractivity contribution in [3.8, 4) is 0 Å². The van der Waals surface area contributed by atoms with Gasteiger partial charge < -0.3 is 29.3 Å². The number of esters is 1. The van der Waals surface area contributed by atoms with Crippen molar-refractivity contribution in [3.05, 3.63) is 49.6 Å². The summed E-state index contributed by atoms with van der Waals surface area (Å²) in [5, 5.41) is 10.3. The van der Waals surface area contributed by atoms with Crippen molar-refractivity contribution in [2.75, 3.05) is 42.6 Å². The Hall–Kier alpha value is -3.17. The van der Waals surface area contributed by atoms with Crippen LogP contribution < -0.4 is 9.80 Å². The Morgan fingerprint density at radius 1 is 1.17 bits per heavy atom. The molecule has 3 fully saturated rings. The van der Waals surface area contributed by atoms with Crippen molar-refractivity contribution in [1.29, 1.82) is 0 Å². The predicted octanol–water partition coefficient (Wildman–Crippen LogP) is 3.56. The van der Waals surface area contributed by atoms with Crippen LogP contribution in [0.4, 0.5) is 11.4 Å². The van der Waals surface area contributed by atoms with Gasteiger partial charge in [0, 0.05) is 31.0 Å². The predicted molar refractivity (Wildman–Crippen MR) is 158 cm³/mol. The summed E-state index contributed by atoms with van der Waals surface area (Å²) in [7, 11) is 0. The molecule has 1 aromatic carbocycles. The highest BCUT2D eigenvalue weighted by Crippen LogP contribution is 2.65. The number of benzene rings is 1. The third kappa shape index (κ3) is 4.77. The summed E-state index contributed by atoms with van der Waals surface area (Å²) in [6.07, 6.45) is 4.01. The molecule has 9 nitrogen and oxygen atoms in total. The molecule has 1 N–H and O–H groups in total. The molecular weight excluding hydrogens is 522 g/mol. The minimum Gasteiger partial charge on any atom is -0.461 e. The van der Waals surface area contributed by atoms with Gasteiger partial charge in [-0.05, 0) is 63.8 Å². The molecule has 9 heteroatoms. The van der Waals surface area contributed by atoms with Gasteiger partial charge in [-0.1, -0.05) is 32.6 Å². The second-order valence-corrected chi connectivity index (χ2v) is 11.5. The molecular formula is C32H45N3O6. The van der Waals surface area contributed by atoms with Crippen LogP contribution in [0.5, 0.6) is 0 Å². The quantitative estimate of drug-likeness (QED) is 0.287. The molecule has 1 spiro atoms. The smallest absolute Gasteiger partial charge is 0.313 e. The van der Waals surface area contributed by atoms with Gasteiger partial charge in [0.1, 0.15) is 24.2 Å². The molecule has 3 saturated heterocycles. The number of carbonyl (C=O) groups excluding carboxylic acids is 3. The number of hydrogen-bond donors (Lipinski definition) is 1. The Morgan fingerprint density at radius 3 is 2.34 bits per heavy atom. The molecule has 3 heterocycles. The second kappa shape index (κ2) is 12.0. The summed E-state index contributed by atoms with van der Waals surface area (Å²) in [6, 6.07) is 6.14. The van der Waals surface area contributed by atoms with E-state index in [-0.39, 0.29) is 37.5 Å². The number of aliphatic hydroxyl groups excluding tert-OH is 1. The molecule has 0 radical (unpaired) electrons. The fourth-order valence-corrected chi connectivity index (χ4v) is 7.38. The Balaban J connectivity index is 1.81. The van der Waals surface area contributed by atoms with Crippen LogP contribution in [0.3, 0.4) is 0 Å². The molecule has 0 saturated carbocycles. The third-order valence-corrected chi connectivity index (χ3v) is 9.53. The van der Waals surface area contributed by atoms with E-state index in [0.717, 1.165) is 18.8 Å². The summed E-state index contributed by atoms with van der Waals surface area (Å²) in [6.45, 7) is 19.1. The lowest BCUT2D eigenvalue weighted by molar-refractivity contribution is -0.161. The van der Waals surface area contributed by atoms with E-state index in [4.69, 9.17) is 9.47 Å². The maximum absolute atomic E-state index is 14.7. The van der Waals surface area contributed by atoms with Crippen LogP contribution in [0.2, 0.25) is 0 Å². The van der Waals surface area contributed by atoms with Crippen molar-refractivity contribution in [1.82, 2.24) is 4.90 Å².